The van der Waals surface area contributed by atoms with Gasteiger partial charge in [0.05, 0.1) is 17.1 Å². The molecule has 0 saturated carbocycles. The Bertz CT molecular complexity index is 585. The fourth-order valence-corrected chi connectivity index (χ4v) is 4.73. The molecule has 1 aromatic carbocycles. The molecule has 0 spiro atoms. The molecule has 4 nitrogen and oxygen atoms in total. The summed E-state index contributed by atoms with van der Waals surface area (Å²) in [7, 11) is -2.97. The number of carbonyl (C=O) groups excluding carboxylic acids is 1. The topological polar surface area (TPSA) is 54.5 Å². The van der Waals surface area contributed by atoms with Gasteiger partial charge in [-0.05, 0) is 48.1 Å². The molecule has 0 bridgehead atoms. The quantitative estimate of drug-likeness (QED) is 0.738. The first-order chi connectivity index (χ1) is 8.94. The normalized spacial score (nSPS) is 21.3. The van der Waals surface area contributed by atoms with Gasteiger partial charge in [0.15, 0.2) is 9.84 Å². The van der Waals surface area contributed by atoms with Crippen molar-refractivity contribution in [2.45, 2.75) is 19.4 Å². The van der Waals surface area contributed by atoms with Crippen LogP contribution in [0.4, 0.5) is 0 Å². The molecule has 1 atom stereocenters. The number of amides is 1. The van der Waals surface area contributed by atoms with Crippen LogP contribution in [0.1, 0.15) is 23.7 Å². The number of carbonyl (C=O) groups is 1. The summed E-state index contributed by atoms with van der Waals surface area (Å²) in [5.41, 5.74) is 0.647. The van der Waals surface area contributed by atoms with E-state index in [0.717, 1.165) is 3.57 Å². The lowest BCUT2D eigenvalue weighted by Gasteiger charge is -2.27. The van der Waals surface area contributed by atoms with Crippen molar-refractivity contribution in [2.75, 3.05) is 18.1 Å². The lowest BCUT2D eigenvalue weighted by molar-refractivity contribution is 0.0707. The smallest absolute Gasteiger partial charge is 0.255 e. The van der Waals surface area contributed by atoms with Gasteiger partial charge in [-0.3, -0.25) is 4.79 Å². The predicted octanol–water partition coefficient (Wildman–Crippen LogP) is 1.94. The van der Waals surface area contributed by atoms with E-state index in [1.807, 2.05) is 25.1 Å². The zero-order chi connectivity index (χ0) is 14.0. The van der Waals surface area contributed by atoms with Gasteiger partial charge in [-0.25, -0.2) is 8.42 Å². The second kappa shape index (κ2) is 5.78. The minimum atomic E-state index is -2.97. The number of hydrogen-bond donors (Lipinski definition) is 0. The highest BCUT2D eigenvalue weighted by Gasteiger charge is 2.34. The molecule has 0 aromatic heterocycles. The van der Waals surface area contributed by atoms with Crippen LogP contribution in [0.3, 0.4) is 0 Å². The molecule has 0 unspecified atom stereocenters. The van der Waals surface area contributed by atoms with E-state index in [9.17, 15) is 13.2 Å². The summed E-state index contributed by atoms with van der Waals surface area (Å²) >= 11 is 2.13. The summed E-state index contributed by atoms with van der Waals surface area (Å²) in [6, 6.07) is 7.20. The van der Waals surface area contributed by atoms with Crippen molar-refractivity contribution in [3.63, 3.8) is 0 Å². The number of nitrogens with zero attached hydrogens (tertiary/aromatic N) is 1. The van der Waals surface area contributed by atoms with Crippen LogP contribution in [-0.2, 0) is 9.84 Å². The van der Waals surface area contributed by atoms with Gasteiger partial charge in [0, 0.05) is 16.2 Å². The van der Waals surface area contributed by atoms with Crippen molar-refractivity contribution in [1.29, 1.82) is 0 Å². The van der Waals surface area contributed by atoms with Crippen LogP contribution < -0.4 is 0 Å². The van der Waals surface area contributed by atoms with E-state index in [-0.39, 0.29) is 23.5 Å². The first kappa shape index (κ1) is 14.8. The van der Waals surface area contributed by atoms with E-state index in [1.54, 1.807) is 11.0 Å². The fourth-order valence-electron chi connectivity index (χ4n) is 2.38. The van der Waals surface area contributed by atoms with Crippen LogP contribution in [-0.4, -0.2) is 43.3 Å². The Morgan fingerprint density at radius 3 is 2.63 bits per heavy atom. The molecule has 1 aliphatic heterocycles. The standard InChI is InChI=1S/C13H16INO3S/c1-2-15(10-7-8-19(17,18)9-10)13(16)11-5-3-4-6-12(11)14/h3-6,10H,2,7-9H2,1H3/t10-/m0/s1. The molecular formula is C13H16INO3S. The first-order valence-electron chi connectivity index (χ1n) is 6.20. The zero-order valence-electron chi connectivity index (χ0n) is 10.7. The van der Waals surface area contributed by atoms with E-state index < -0.39 is 9.84 Å². The summed E-state index contributed by atoms with van der Waals surface area (Å²) in [4.78, 5) is 14.2. The van der Waals surface area contributed by atoms with Gasteiger partial charge in [0.1, 0.15) is 0 Å². The monoisotopic (exact) mass is 393 g/mol. The Labute approximate surface area is 127 Å². The van der Waals surface area contributed by atoms with Crippen LogP contribution in [0.25, 0.3) is 0 Å². The molecule has 1 amide bonds. The van der Waals surface area contributed by atoms with Crippen LogP contribution in [0.5, 0.6) is 0 Å². The lowest BCUT2D eigenvalue weighted by atomic mass is 10.1. The molecule has 6 heteroatoms. The van der Waals surface area contributed by atoms with E-state index in [2.05, 4.69) is 22.6 Å². The summed E-state index contributed by atoms with van der Waals surface area (Å²) in [6.07, 6.45) is 0.547. The summed E-state index contributed by atoms with van der Waals surface area (Å²) in [5.74, 6) is 0.207. The average molecular weight is 393 g/mol. The number of hydrogen-bond acceptors (Lipinski definition) is 3. The van der Waals surface area contributed by atoms with Crippen LogP contribution >= 0.6 is 22.6 Å². The number of benzene rings is 1. The van der Waals surface area contributed by atoms with Gasteiger partial charge in [0.25, 0.3) is 5.91 Å². The summed E-state index contributed by atoms with van der Waals surface area (Å²) in [5, 5.41) is 0. The molecule has 1 heterocycles. The van der Waals surface area contributed by atoms with Gasteiger partial charge in [0.2, 0.25) is 0 Å². The van der Waals surface area contributed by atoms with Crippen molar-refractivity contribution < 1.29 is 13.2 Å². The number of halogens is 1. The van der Waals surface area contributed by atoms with E-state index in [1.165, 1.54) is 0 Å². The maximum Gasteiger partial charge on any atom is 0.255 e. The Hall–Kier alpha value is -0.630. The first-order valence-corrected chi connectivity index (χ1v) is 9.10. The largest absolute Gasteiger partial charge is 0.335 e. The summed E-state index contributed by atoms with van der Waals surface area (Å²) in [6.45, 7) is 2.42. The van der Waals surface area contributed by atoms with Gasteiger partial charge in [-0.1, -0.05) is 12.1 Å². The minimum absolute atomic E-state index is 0.0744. The SMILES string of the molecule is CCN(C(=O)c1ccccc1I)[C@H]1CCS(=O)(=O)C1. The van der Waals surface area contributed by atoms with Crippen LogP contribution in [0.2, 0.25) is 0 Å². The van der Waals surface area contributed by atoms with Crippen molar-refractivity contribution in [2.24, 2.45) is 0 Å². The van der Waals surface area contributed by atoms with E-state index in [4.69, 9.17) is 0 Å². The Morgan fingerprint density at radius 1 is 1.42 bits per heavy atom. The number of sulfone groups is 1. The second-order valence-electron chi connectivity index (χ2n) is 4.63. The molecule has 1 fully saturated rings. The maximum atomic E-state index is 12.5. The molecule has 19 heavy (non-hydrogen) atoms. The van der Waals surface area contributed by atoms with Crippen molar-refractivity contribution in [3.8, 4) is 0 Å². The maximum absolute atomic E-state index is 12.5. The third-order valence-electron chi connectivity index (χ3n) is 3.35. The zero-order valence-corrected chi connectivity index (χ0v) is 13.6. The van der Waals surface area contributed by atoms with Gasteiger partial charge < -0.3 is 4.90 Å². The second-order valence-corrected chi connectivity index (χ2v) is 8.02. The highest BCUT2D eigenvalue weighted by molar-refractivity contribution is 14.1. The molecule has 0 aliphatic carbocycles. The van der Waals surface area contributed by atoms with Gasteiger partial charge in [-0.2, -0.15) is 0 Å². The third-order valence-corrected chi connectivity index (χ3v) is 6.05. The minimum Gasteiger partial charge on any atom is -0.335 e. The Kier molecular flexibility index (Phi) is 4.50. The van der Waals surface area contributed by atoms with Crippen molar-refractivity contribution in [3.05, 3.63) is 33.4 Å². The Morgan fingerprint density at radius 2 is 2.11 bits per heavy atom. The van der Waals surface area contributed by atoms with Crippen molar-refractivity contribution >= 4 is 38.3 Å². The highest BCUT2D eigenvalue weighted by Crippen LogP contribution is 2.21. The third kappa shape index (κ3) is 3.28. The highest BCUT2D eigenvalue weighted by atomic mass is 127. The van der Waals surface area contributed by atoms with Gasteiger partial charge >= 0.3 is 0 Å². The molecular weight excluding hydrogens is 377 g/mol. The predicted molar refractivity (Wildman–Crippen MR) is 82.9 cm³/mol. The molecule has 2 rings (SSSR count). The van der Waals surface area contributed by atoms with Gasteiger partial charge in [-0.15, -0.1) is 0 Å². The summed E-state index contributed by atoms with van der Waals surface area (Å²) < 4.78 is 24.0. The van der Waals surface area contributed by atoms with Crippen LogP contribution in [0.15, 0.2) is 24.3 Å². The lowest BCUT2D eigenvalue weighted by Crippen LogP contribution is -2.41. The molecule has 104 valence electrons. The molecule has 1 aromatic rings. The van der Waals surface area contributed by atoms with Crippen LogP contribution in [0, 0.1) is 3.57 Å². The molecule has 0 radical (unpaired) electrons. The van der Waals surface area contributed by atoms with E-state index in [0.29, 0.717) is 18.5 Å². The molecule has 1 saturated heterocycles. The number of rotatable bonds is 3. The average Bonchev–Trinajstić information content (AvgIpc) is 2.71. The fraction of sp³-hybridized carbons (Fsp3) is 0.462. The molecule has 0 N–H and O–H groups in total. The van der Waals surface area contributed by atoms with E-state index >= 15 is 0 Å². The van der Waals surface area contributed by atoms with Crippen molar-refractivity contribution in [1.82, 2.24) is 4.90 Å². The Balaban J connectivity index is 2.24. The molecule has 1 aliphatic rings.